The summed E-state index contributed by atoms with van der Waals surface area (Å²) >= 11 is 0. The van der Waals surface area contributed by atoms with E-state index in [0.717, 1.165) is 32.1 Å². The maximum Gasteiger partial charge on any atom is 0.249 e. The van der Waals surface area contributed by atoms with Crippen LogP contribution in [0.5, 0.6) is 0 Å². The number of hydrogen-bond donors (Lipinski definition) is 3. The molecule has 2 unspecified atom stereocenters. The number of unbranched alkanes of at least 4 members (excludes halogenated alkanes) is 1. The Kier molecular flexibility index (Phi) is 6.16. The monoisotopic (exact) mass is 318 g/mol. The number of aryl methyl sites for hydroxylation is 1. The number of nitrogens with one attached hydrogen (secondary N) is 2. The number of benzene rings is 1. The fourth-order valence-electron chi connectivity index (χ4n) is 2.38. The van der Waals surface area contributed by atoms with Gasteiger partial charge in [0, 0.05) is 11.6 Å². The van der Waals surface area contributed by atoms with Crippen LogP contribution in [-0.4, -0.2) is 29.1 Å². The number of amides is 2. The van der Waals surface area contributed by atoms with E-state index in [0.29, 0.717) is 5.69 Å². The average molecular weight is 318 g/mol. The molecule has 0 heterocycles. The van der Waals surface area contributed by atoms with E-state index in [2.05, 4.69) is 17.6 Å². The third-order valence-electron chi connectivity index (χ3n) is 4.05. The molecule has 5 nitrogen and oxygen atoms in total. The van der Waals surface area contributed by atoms with Crippen molar-refractivity contribution in [2.24, 2.45) is 5.92 Å². The standard InChI is InChI=1S/C18H26N2O3/c1-3-4-5-13-6-10-15(11-7-13)19-18(23)16(12(2)21)20-17(22)14-8-9-14/h6-7,10-12,14,16,21H,3-5,8-9H2,1-2H3,(H,19,23)(H,20,22). The van der Waals surface area contributed by atoms with Crippen molar-refractivity contribution >= 4 is 17.5 Å². The lowest BCUT2D eigenvalue weighted by atomic mass is 10.1. The second-order valence-electron chi connectivity index (χ2n) is 6.29. The minimum atomic E-state index is -0.943. The predicted octanol–water partition coefficient (Wildman–Crippen LogP) is 2.24. The Balaban J connectivity index is 1.93. The Morgan fingerprint density at radius 2 is 1.91 bits per heavy atom. The third kappa shape index (κ3) is 5.36. The molecule has 2 amide bonds. The van der Waals surface area contributed by atoms with Gasteiger partial charge in [0.25, 0.3) is 0 Å². The Morgan fingerprint density at radius 3 is 2.43 bits per heavy atom. The van der Waals surface area contributed by atoms with Gasteiger partial charge in [-0.2, -0.15) is 0 Å². The van der Waals surface area contributed by atoms with E-state index in [-0.39, 0.29) is 11.8 Å². The van der Waals surface area contributed by atoms with Crippen LogP contribution in [0, 0.1) is 5.92 Å². The number of carbonyl (C=O) groups excluding carboxylic acids is 2. The van der Waals surface area contributed by atoms with Crippen LogP contribution in [0.3, 0.4) is 0 Å². The number of aliphatic hydroxyl groups is 1. The van der Waals surface area contributed by atoms with Crippen molar-refractivity contribution in [3.8, 4) is 0 Å². The lowest BCUT2D eigenvalue weighted by molar-refractivity contribution is -0.129. The summed E-state index contributed by atoms with van der Waals surface area (Å²) < 4.78 is 0. The topological polar surface area (TPSA) is 78.4 Å². The van der Waals surface area contributed by atoms with Crippen molar-refractivity contribution < 1.29 is 14.7 Å². The highest BCUT2D eigenvalue weighted by Crippen LogP contribution is 2.29. The van der Waals surface area contributed by atoms with Gasteiger partial charge in [0.15, 0.2) is 0 Å². The predicted molar refractivity (Wildman–Crippen MR) is 90.0 cm³/mol. The zero-order valence-corrected chi connectivity index (χ0v) is 13.8. The first-order valence-corrected chi connectivity index (χ1v) is 8.39. The van der Waals surface area contributed by atoms with E-state index in [1.807, 2.05) is 24.3 Å². The molecule has 23 heavy (non-hydrogen) atoms. The van der Waals surface area contributed by atoms with Gasteiger partial charge in [0.2, 0.25) is 11.8 Å². The van der Waals surface area contributed by atoms with E-state index in [1.54, 1.807) is 0 Å². The quantitative estimate of drug-likeness (QED) is 0.688. The first kappa shape index (κ1) is 17.5. The molecule has 126 valence electrons. The van der Waals surface area contributed by atoms with Gasteiger partial charge in [-0.3, -0.25) is 9.59 Å². The highest BCUT2D eigenvalue weighted by molar-refractivity contribution is 5.98. The van der Waals surface area contributed by atoms with Crippen LogP contribution in [0.1, 0.15) is 45.1 Å². The molecule has 0 radical (unpaired) electrons. The SMILES string of the molecule is CCCCc1ccc(NC(=O)C(NC(=O)C2CC2)C(C)O)cc1. The largest absolute Gasteiger partial charge is 0.391 e. The van der Waals surface area contributed by atoms with Crippen molar-refractivity contribution in [3.05, 3.63) is 29.8 Å². The van der Waals surface area contributed by atoms with Crippen LogP contribution in [0.2, 0.25) is 0 Å². The number of hydrogen-bond acceptors (Lipinski definition) is 3. The summed E-state index contributed by atoms with van der Waals surface area (Å²) in [5.74, 6) is -0.543. The van der Waals surface area contributed by atoms with E-state index < -0.39 is 18.1 Å². The number of aliphatic hydroxyl groups excluding tert-OH is 1. The molecule has 0 aliphatic heterocycles. The van der Waals surface area contributed by atoms with Crippen molar-refractivity contribution in [2.75, 3.05) is 5.32 Å². The van der Waals surface area contributed by atoms with Gasteiger partial charge in [-0.1, -0.05) is 25.5 Å². The third-order valence-corrected chi connectivity index (χ3v) is 4.05. The van der Waals surface area contributed by atoms with E-state index in [1.165, 1.54) is 12.5 Å². The smallest absolute Gasteiger partial charge is 0.249 e. The molecule has 1 saturated carbocycles. The molecule has 0 bridgehead atoms. The van der Waals surface area contributed by atoms with Gasteiger partial charge >= 0.3 is 0 Å². The molecule has 0 saturated heterocycles. The molecule has 1 aromatic carbocycles. The molecule has 1 aromatic rings. The van der Waals surface area contributed by atoms with Crippen LogP contribution in [0.25, 0.3) is 0 Å². The maximum absolute atomic E-state index is 12.3. The Hall–Kier alpha value is -1.88. The lowest BCUT2D eigenvalue weighted by Crippen LogP contribution is -2.50. The number of carbonyl (C=O) groups is 2. The first-order valence-electron chi connectivity index (χ1n) is 8.39. The molecule has 3 N–H and O–H groups in total. The molecule has 2 atom stereocenters. The summed E-state index contributed by atoms with van der Waals surface area (Å²) in [7, 11) is 0. The summed E-state index contributed by atoms with van der Waals surface area (Å²) in [5.41, 5.74) is 1.90. The molecule has 1 aliphatic rings. The van der Waals surface area contributed by atoms with Gasteiger partial charge in [-0.05, 0) is 50.3 Å². The fourth-order valence-corrected chi connectivity index (χ4v) is 2.38. The van der Waals surface area contributed by atoms with Crippen LogP contribution in [0.4, 0.5) is 5.69 Å². The van der Waals surface area contributed by atoms with Crippen LogP contribution in [-0.2, 0) is 16.0 Å². The summed E-state index contributed by atoms with van der Waals surface area (Å²) in [6.07, 6.45) is 4.09. The Morgan fingerprint density at radius 1 is 1.26 bits per heavy atom. The van der Waals surface area contributed by atoms with Crippen molar-refractivity contribution in [1.82, 2.24) is 5.32 Å². The average Bonchev–Trinajstić information content (AvgIpc) is 3.36. The van der Waals surface area contributed by atoms with Gasteiger partial charge < -0.3 is 15.7 Å². The molecule has 2 rings (SSSR count). The molecule has 0 aromatic heterocycles. The van der Waals surface area contributed by atoms with Crippen LogP contribution in [0.15, 0.2) is 24.3 Å². The van der Waals surface area contributed by atoms with Gasteiger partial charge in [-0.25, -0.2) is 0 Å². The highest BCUT2D eigenvalue weighted by atomic mass is 16.3. The summed E-state index contributed by atoms with van der Waals surface area (Å²) in [5, 5.41) is 15.2. The lowest BCUT2D eigenvalue weighted by Gasteiger charge is -2.21. The zero-order valence-electron chi connectivity index (χ0n) is 13.8. The first-order chi connectivity index (χ1) is 11.0. The van der Waals surface area contributed by atoms with Gasteiger partial charge in [0.05, 0.1) is 6.10 Å². The van der Waals surface area contributed by atoms with Crippen LogP contribution >= 0.6 is 0 Å². The number of anilines is 1. The molecule has 1 fully saturated rings. The van der Waals surface area contributed by atoms with Gasteiger partial charge in [-0.15, -0.1) is 0 Å². The summed E-state index contributed by atoms with van der Waals surface area (Å²) in [4.78, 5) is 24.1. The Labute approximate surface area is 137 Å². The maximum atomic E-state index is 12.3. The van der Waals surface area contributed by atoms with E-state index >= 15 is 0 Å². The summed E-state index contributed by atoms with van der Waals surface area (Å²) in [6.45, 7) is 3.66. The zero-order chi connectivity index (χ0) is 16.8. The number of rotatable bonds is 8. The molecule has 1 aliphatic carbocycles. The van der Waals surface area contributed by atoms with Crippen molar-refractivity contribution in [1.29, 1.82) is 0 Å². The summed E-state index contributed by atoms with van der Waals surface area (Å²) in [6, 6.07) is 6.76. The van der Waals surface area contributed by atoms with E-state index in [9.17, 15) is 14.7 Å². The second kappa shape index (κ2) is 8.11. The second-order valence-corrected chi connectivity index (χ2v) is 6.29. The minimum absolute atomic E-state index is 0.00176. The fraction of sp³-hybridized carbons (Fsp3) is 0.556. The molecule has 5 heteroatoms. The molecular weight excluding hydrogens is 292 g/mol. The highest BCUT2D eigenvalue weighted by Gasteiger charge is 2.34. The molecule has 0 spiro atoms. The van der Waals surface area contributed by atoms with Gasteiger partial charge in [0.1, 0.15) is 6.04 Å². The van der Waals surface area contributed by atoms with Crippen molar-refractivity contribution in [2.45, 2.75) is 58.1 Å². The normalized spacial score (nSPS) is 16.5. The van der Waals surface area contributed by atoms with Crippen molar-refractivity contribution in [3.63, 3.8) is 0 Å². The molecular formula is C18H26N2O3. The Bertz CT molecular complexity index is 536. The van der Waals surface area contributed by atoms with Crippen LogP contribution < -0.4 is 10.6 Å². The van der Waals surface area contributed by atoms with E-state index in [4.69, 9.17) is 0 Å². The minimum Gasteiger partial charge on any atom is -0.391 e.